The number of hydrogen-bond donors (Lipinski definition) is 2. The highest BCUT2D eigenvalue weighted by molar-refractivity contribution is 5.87. The third-order valence-corrected chi connectivity index (χ3v) is 5.60. The molecular formula is C25H26N4O2. The number of nitrogens with one attached hydrogen (secondary N) is 1. The second-order valence-corrected chi connectivity index (χ2v) is 7.54. The Balaban J connectivity index is 1.76. The molecule has 4 rings (SSSR count). The Labute approximate surface area is 182 Å². The van der Waals surface area contributed by atoms with Gasteiger partial charge in [-0.25, -0.2) is 9.97 Å². The van der Waals surface area contributed by atoms with Crippen molar-refractivity contribution >= 4 is 28.2 Å². The predicted molar refractivity (Wildman–Crippen MR) is 126 cm³/mol. The van der Waals surface area contributed by atoms with Crippen LogP contribution < -0.4 is 20.5 Å². The number of benzene rings is 3. The number of nitrogens with zero attached hydrogens (tertiary/aromatic N) is 2. The molecule has 0 atom stereocenters. The lowest BCUT2D eigenvalue weighted by molar-refractivity contribution is 0.391. The first-order valence-corrected chi connectivity index (χ1v) is 10.0. The molecule has 31 heavy (non-hydrogen) atoms. The number of fused-ring (bicyclic) bond motifs is 1. The third kappa shape index (κ3) is 3.72. The largest absolute Gasteiger partial charge is 0.496 e. The molecule has 0 aliphatic heterocycles. The molecule has 4 aromatic rings. The maximum atomic E-state index is 6.10. The molecular weight excluding hydrogens is 388 g/mol. The van der Waals surface area contributed by atoms with Crippen LogP contribution in [-0.4, -0.2) is 24.2 Å². The van der Waals surface area contributed by atoms with Crippen LogP contribution in [0.5, 0.6) is 11.5 Å². The van der Waals surface area contributed by atoms with Crippen molar-refractivity contribution in [3.63, 3.8) is 0 Å². The zero-order valence-corrected chi connectivity index (χ0v) is 18.4. The van der Waals surface area contributed by atoms with E-state index in [1.54, 1.807) is 14.2 Å². The van der Waals surface area contributed by atoms with Crippen molar-refractivity contribution in [2.45, 2.75) is 20.8 Å². The highest BCUT2D eigenvalue weighted by atomic mass is 16.5. The number of aryl methyl sites for hydroxylation is 1. The average molecular weight is 415 g/mol. The van der Waals surface area contributed by atoms with Crippen molar-refractivity contribution in [3.05, 3.63) is 65.4 Å². The van der Waals surface area contributed by atoms with Gasteiger partial charge in [0.05, 0.1) is 31.1 Å². The molecule has 0 radical (unpaired) electrons. The predicted octanol–water partition coefficient (Wildman–Crippen LogP) is 5.57. The van der Waals surface area contributed by atoms with Gasteiger partial charge in [-0.2, -0.15) is 0 Å². The molecule has 0 amide bonds. The Kier molecular flexibility index (Phi) is 5.38. The van der Waals surface area contributed by atoms with Crippen LogP contribution in [0, 0.1) is 20.8 Å². The molecule has 0 spiro atoms. The first-order chi connectivity index (χ1) is 14.9. The van der Waals surface area contributed by atoms with Crippen LogP contribution in [0.25, 0.3) is 22.0 Å². The van der Waals surface area contributed by atoms with Gasteiger partial charge >= 0.3 is 0 Å². The maximum absolute atomic E-state index is 6.10. The first-order valence-electron chi connectivity index (χ1n) is 10.0. The van der Waals surface area contributed by atoms with Crippen molar-refractivity contribution < 1.29 is 9.47 Å². The first kappa shape index (κ1) is 20.5. The average Bonchev–Trinajstić information content (AvgIpc) is 2.76. The lowest BCUT2D eigenvalue weighted by atomic mass is 9.93. The van der Waals surface area contributed by atoms with Gasteiger partial charge in [-0.05, 0) is 66.8 Å². The Morgan fingerprint density at radius 2 is 1.61 bits per heavy atom. The van der Waals surface area contributed by atoms with Gasteiger partial charge in [0, 0.05) is 17.6 Å². The number of nitrogen functional groups attached to an aromatic ring is 1. The number of aromatic nitrogens is 2. The number of nitrogens with two attached hydrogens (primary N) is 1. The molecule has 0 aliphatic carbocycles. The van der Waals surface area contributed by atoms with Crippen LogP contribution in [0.15, 0.2) is 48.7 Å². The Morgan fingerprint density at radius 1 is 0.903 bits per heavy atom. The zero-order valence-electron chi connectivity index (χ0n) is 18.4. The molecule has 0 unspecified atom stereocenters. The Hall–Kier alpha value is -3.80. The SMILES string of the molecule is COc1cc(OC)c(C)c(-c2ccc3nc(Nc4c(C)cccc4N)ncc3c2)c1C. The number of ether oxygens (including phenoxy) is 2. The van der Waals surface area contributed by atoms with Crippen LogP contribution in [0.2, 0.25) is 0 Å². The molecule has 3 aromatic carbocycles. The van der Waals surface area contributed by atoms with Crippen LogP contribution in [0.4, 0.5) is 17.3 Å². The van der Waals surface area contributed by atoms with Gasteiger partial charge in [0.1, 0.15) is 11.5 Å². The minimum Gasteiger partial charge on any atom is -0.496 e. The smallest absolute Gasteiger partial charge is 0.227 e. The minimum absolute atomic E-state index is 0.511. The number of hydrogen-bond acceptors (Lipinski definition) is 6. The van der Waals surface area contributed by atoms with E-state index in [2.05, 4.69) is 41.3 Å². The lowest BCUT2D eigenvalue weighted by Crippen LogP contribution is -2.02. The molecule has 3 N–H and O–H groups in total. The molecule has 0 aliphatic rings. The quantitative estimate of drug-likeness (QED) is 0.416. The second kappa shape index (κ2) is 8.14. The Morgan fingerprint density at radius 3 is 2.26 bits per heavy atom. The van der Waals surface area contributed by atoms with E-state index in [1.807, 2.05) is 43.5 Å². The molecule has 0 bridgehead atoms. The van der Waals surface area contributed by atoms with Crippen molar-refractivity contribution in [2.75, 3.05) is 25.3 Å². The van der Waals surface area contributed by atoms with E-state index in [0.29, 0.717) is 11.6 Å². The Bertz CT molecular complexity index is 1240. The molecule has 1 heterocycles. The fourth-order valence-corrected chi connectivity index (χ4v) is 3.94. The maximum Gasteiger partial charge on any atom is 0.227 e. The van der Waals surface area contributed by atoms with Crippen LogP contribution >= 0.6 is 0 Å². The van der Waals surface area contributed by atoms with Gasteiger partial charge in [0.25, 0.3) is 0 Å². The molecule has 0 fully saturated rings. The van der Waals surface area contributed by atoms with Crippen LogP contribution in [0.3, 0.4) is 0 Å². The lowest BCUT2D eigenvalue weighted by Gasteiger charge is -2.17. The summed E-state index contributed by atoms with van der Waals surface area (Å²) in [6.45, 7) is 6.11. The van der Waals surface area contributed by atoms with E-state index in [1.165, 1.54) is 0 Å². The van der Waals surface area contributed by atoms with E-state index < -0.39 is 0 Å². The van der Waals surface area contributed by atoms with Crippen molar-refractivity contribution in [1.82, 2.24) is 9.97 Å². The fraction of sp³-hybridized carbons (Fsp3) is 0.200. The molecule has 1 aromatic heterocycles. The summed E-state index contributed by atoms with van der Waals surface area (Å²) in [6.07, 6.45) is 1.82. The van der Waals surface area contributed by atoms with E-state index in [0.717, 1.165) is 55.9 Å². The summed E-state index contributed by atoms with van der Waals surface area (Å²) >= 11 is 0. The summed E-state index contributed by atoms with van der Waals surface area (Å²) in [6, 6.07) is 13.9. The number of anilines is 3. The summed E-state index contributed by atoms with van der Waals surface area (Å²) in [4.78, 5) is 9.18. The highest BCUT2D eigenvalue weighted by Gasteiger charge is 2.16. The standard InChI is InChI=1S/C25H26N4O2/c1-14-7-6-8-19(26)24(14)29-25-27-13-18-11-17(9-10-20(18)28-25)23-15(2)21(30-4)12-22(31-5)16(23)3/h6-13H,26H2,1-5H3,(H,27,28,29). The van der Waals surface area contributed by atoms with Gasteiger partial charge in [0.2, 0.25) is 5.95 Å². The summed E-state index contributed by atoms with van der Waals surface area (Å²) < 4.78 is 11.1. The van der Waals surface area contributed by atoms with Gasteiger partial charge < -0.3 is 20.5 Å². The molecule has 6 nitrogen and oxygen atoms in total. The zero-order chi connectivity index (χ0) is 22.1. The number of methoxy groups -OCH3 is 2. The number of para-hydroxylation sites is 1. The van der Waals surface area contributed by atoms with Gasteiger partial charge in [0.15, 0.2) is 0 Å². The minimum atomic E-state index is 0.511. The summed E-state index contributed by atoms with van der Waals surface area (Å²) in [5.41, 5.74) is 13.8. The molecule has 0 saturated heterocycles. The summed E-state index contributed by atoms with van der Waals surface area (Å²) in [7, 11) is 3.34. The van der Waals surface area contributed by atoms with Gasteiger partial charge in [-0.1, -0.05) is 18.2 Å². The van der Waals surface area contributed by atoms with Crippen molar-refractivity contribution in [3.8, 4) is 22.6 Å². The van der Waals surface area contributed by atoms with Crippen LogP contribution in [-0.2, 0) is 0 Å². The topological polar surface area (TPSA) is 82.3 Å². The molecule has 158 valence electrons. The van der Waals surface area contributed by atoms with Gasteiger partial charge in [-0.15, -0.1) is 0 Å². The molecule has 0 saturated carbocycles. The van der Waals surface area contributed by atoms with E-state index in [4.69, 9.17) is 15.2 Å². The van der Waals surface area contributed by atoms with Crippen molar-refractivity contribution in [2.24, 2.45) is 0 Å². The van der Waals surface area contributed by atoms with Gasteiger partial charge in [-0.3, -0.25) is 0 Å². The fourth-order valence-electron chi connectivity index (χ4n) is 3.94. The highest BCUT2D eigenvalue weighted by Crippen LogP contribution is 2.39. The number of rotatable bonds is 5. The monoisotopic (exact) mass is 414 g/mol. The van der Waals surface area contributed by atoms with E-state index >= 15 is 0 Å². The van der Waals surface area contributed by atoms with Crippen LogP contribution in [0.1, 0.15) is 16.7 Å². The van der Waals surface area contributed by atoms with E-state index in [-0.39, 0.29) is 0 Å². The normalized spacial score (nSPS) is 10.9. The van der Waals surface area contributed by atoms with Crippen molar-refractivity contribution in [1.29, 1.82) is 0 Å². The summed E-state index contributed by atoms with van der Waals surface area (Å²) in [5, 5.41) is 4.19. The summed E-state index contributed by atoms with van der Waals surface area (Å²) in [5.74, 6) is 2.10. The molecule has 6 heteroatoms. The third-order valence-electron chi connectivity index (χ3n) is 5.60. The second-order valence-electron chi connectivity index (χ2n) is 7.54. The van der Waals surface area contributed by atoms with E-state index in [9.17, 15) is 0 Å².